The van der Waals surface area contributed by atoms with E-state index in [0.717, 1.165) is 28.0 Å². The fourth-order valence-corrected chi connectivity index (χ4v) is 3.38. The van der Waals surface area contributed by atoms with E-state index in [1.54, 1.807) is 11.3 Å². The van der Waals surface area contributed by atoms with Gasteiger partial charge in [-0.25, -0.2) is 0 Å². The van der Waals surface area contributed by atoms with E-state index in [1.165, 1.54) is 4.88 Å². The van der Waals surface area contributed by atoms with Crippen molar-refractivity contribution in [2.24, 2.45) is 0 Å². The lowest BCUT2D eigenvalue weighted by molar-refractivity contribution is 0.578. The molecule has 1 nitrogen and oxygen atoms in total. The Morgan fingerprint density at radius 1 is 1.39 bits per heavy atom. The molecule has 2 rings (SSSR count). The normalized spacial score (nSPS) is 12.6. The van der Waals surface area contributed by atoms with E-state index in [-0.39, 0.29) is 6.04 Å². The molecule has 1 aromatic carbocycles. The minimum atomic E-state index is 0.269. The van der Waals surface area contributed by atoms with E-state index >= 15 is 0 Å². The van der Waals surface area contributed by atoms with Crippen molar-refractivity contribution in [2.75, 3.05) is 6.54 Å². The third kappa shape index (κ3) is 3.82. The number of nitrogens with one attached hydrogen (secondary N) is 1. The third-order valence-electron chi connectivity index (χ3n) is 2.83. The van der Waals surface area contributed by atoms with Crippen LogP contribution in [0.15, 0.2) is 40.2 Å². The highest BCUT2D eigenvalue weighted by Crippen LogP contribution is 2.26. The molecular formula is C14H15BrClNS. The van der Waals surface area contributed by atoms with Gasteiger partial charge in [0, 0.05) is 27.0 Å². The Morgan fingerprint density at radius 2 is 2.22 bits per heavy atom. The molecule has 1 N–H and O–H groups in total. The lowest BCUT2D eigenvalue weighted by Crippen LogP contribution is -2.21. The molecule has 0 amide bonds. The SMILES string of the molecule is CC(NCCc1cccs1)c1ccc(Br)cc1Cl. The molecule has 0 aliphatic carbocycles. The van der Waals surface area contributed by atoms with E-state index in [0.29, 0.717) is 0 Å². The molecule has 1 heterocycles. The van der Waals surface area contributed by atoms with Crippen LogP contribution in [-0.4, -0.2) is 6.54 Å². The van der Waals surface area contributed by atoms with Gasteiger partial charge >= 0.3 is 0 Å². The van der Waals surface area contributed by atoms with Gasteiger partial charge in [-0.2, -0.15) is 0 Å². The van der Waals surface area contributed by atoms with Crippen LogP contribution in [0, 0.1) is 0 Å². The van der Waals surface area contributed by atoms with Gasteiger partial charge in [0.2, 0.25) is 0 Å². The zero-order chi connectivity index (χ0) is 13.0. The summed E-state index contributed by atoms with van der Waals surface area (Å²) < 4.78 is 1.02. The summed E-state index contributed by atoms with van der Waals surface area (Å²) in [5.41, 5.74) is 1.14. The summed E-state index contributed by atoms with van der Waals surface area (Å²) in [7, 11) is 0. The highest BCUT2D eigenvalue weighted by atomic mass is 79.9. The van der Waals surface area contributed by atoms with Crippen LogP contribution in [0.1, 0.15) is 23.4 Å². The molecule has 1 atom stereocenters. The second-order valence-electron chi connectivity index (χ2n) is 4.17. The Balaban J connectivity index is 1.89. The molecule has 0 aliphatic heterocycles. The minimum absolute atomic E-state index is 0.269. The van der Waals surface area contributed by atoms with Gasteiger partial charge in [-0.1, -0.05) is 39.7 Å². The summed E-state index contributed by atoms with van der Waals surface area (Å²) in [4.78, 5) is 1.41. The first-order valence-corrected chi connectivity index (χ1v) is 7.92. The molecule has 0 fully saturated rings. The van der Waals surface area contributed by atoms with Crippen LogP contribution in [0.3, 0.4) is 0 Å². The van der Waals surface area contributed by atoms with E-state index in [4.69, 9.17) is 11.6 Å². The van der Waals surface area contributed by atoms with Gasteiger partial charge in [-0.3, -0.25) is 0 Å². The monoisotopic (exact) mass is 343 g/mol. The van der Waals surface area contributed by atoms with Gasteiger partial charge in [0.05, 0.1) is 0 Å². The molecule has 0 saturated heterocycles. The van der Waals surface area contributed by atoms with Gasteiger partial charge in [-0.05, 0) is 42.5 Å². The molecule has 0 spiro atoms. The van der Waals surface area contributed by atoms with Gasteiger partial charge in [-0.15, -0.1) is 11.3 Å². The Bertz CT molecular complexity index is 499. The maximum Gasteiger partial charge on any atom is 0.0464 e. The average Bonchev–Trinajstić information content (AvgIpc) is 2.81. The Kier molecular flexibility index (Phi) is 5.25. The molecular weight excluding hydrogens is 330 g/mol. The zero-order valence-electron chi connectivity index (χ0n) is 10.1. The van der Waals surface area contributed by atoms with Crippen LogP contribution in [0.4, 0.5) is 0 Å². The molecule has 0 bridgehead atoms. The Labute approximate surface area is 125 Å². The maximum atomic E-state index is 6.23. The van der Waals surface area contributed by atoms with Crippen molar-refractivity contribution < 1.29 is 0 Å². The molecule has 1 unspecified atom stereocenters. The predicted octanol–water partition coefficient (Wildman–Crippen LogP) is 5.06. The first kappa shape index (κ1) is 14.1. The molecule has 4 heteroatoms. The van der Waals surface area contributed by atoms with Gasteiger partial charge in [0.1, 0.15) is 0 Å². The summed E-state index contributed by atoms with van der Waals surface area (Å²) in [5, 5.41) is 6.43. The first-order valence-electron chi connectivity index (χ1n) is 5.87. The van der Waals surface area contributed by atoms with Crippen molar-refractivity contribution in [2.45, 2.75) is 19.4 Å². The van der Waals surface area contributed by atoms with Crippen LogP contribution in [0.25, 0.3) is 0 Å². The molecule has 18 heavy (non-hydrogen) atoms. The zero-order valence-corrected chi connectivity index (χ0v) is 13.3. The molecule has 0 aliphatic rings. The molecule has 0 radical (unpaired) electrons. The van der Waals surface area contributed by atoms with E-state index in [1.807, 2.05) is 12.1 Å². The van der Waals surface area contributed by atoms with Crippen LogP contribution in [0.5, 0.6) is 0 Å². The average molecular weight is 345 g/mol. The largest absolute Gasteiger partial charge is 0.310 e. The quantitative estimate of drug-likeness (QED) is 0.799. The van der Waals surface area contributed by atoms with Crippen molar-refractivity contribution in [3.8, 4) is 0 Å². The second kappa shape index (κ2) is 6.71. The molecule has 96 valence electrons. The van der Waals surface area contributed by atoms with Gasteiger partial charge in [0.15, 0.2) is 0 Å². The first-order chi connectivity index (χ1) is 8.66. The van der Waals surface area contributed by atoms with Crippen LogP contribution < -0.4 is 5.32 Å². The summed E-state index contributed by atoms with van der Waals surface area (Å²) in [6, 6.07) is 10.6. The summed E-state index contributed by atoms with van der Waals surface area (Å²) in [6.07, 6.45) is 1.07. The van der Waals surface area contributed by atoms with Crippen LogP contribution >= 0.6 is 38.9 Å². The number of benzene rings is 1. The maximum absolute atomic E-state index is 6.23. The Morgan fingerprint density at radius 3 is 2.89 bits per heavy atom. The van der Waals surface area contributed by atoms with Gasteiger partial charge in [0.25, 0.3) is 0 Å². The van der Waals surface area contributed by atoms with E-state index in [2.05, 4.69) is 51.7 Å². The van der Waals surface area contributed by atoms with E-state index < -0.39 is 0 Å². The highest BCUT2D eigenvalue weighted by molar-refractivity contribution is 9.10. The topological polar surface area (TPSA) is 12.0 Å². The van der Waals surface area contributed by atoms with Crippen molar-refractivity contribution in [3.63, 3.8) is 0 Å². The predicted molar refractivity (Wildman–Crippen MR) is 83.6 cm³/mol. The third-order valence-corrected chi connectivity index (χ3v) is 4.59. The van der Waals surface area contributed by atoms with Crippen molar-refractivity contribution >= 4 is 38.9 Å². The number of hydrogen-bond donors (Lipinski definition) is 1. The van der Waals surface area contributed by atoms with Crippen molar-refractivity contribution in [3.05, 3.63) is 55.6 Å². The Hall–Kier alpha value is -0.350. The molecule has 1 aromatic heterocycles. The summed E-state index contributed by atoms with van der Waals surface area (Å²) in [6.45, 7) is 3.11. The number of hydrogen-bond acceptors (Lipinski definition) is 2. The molecule has 0 saturated carbocycles. The van der Waals surface area contributed by atoms with Crippen molar-refractivity contribution in [1.29, 1.82) is 0 Å². The van der Waals surface area contributed by atoms with Crippen LogP contribution in [0.2, 0.25) is 5.02 Å². The summed E-state index contributed by atoms with van der Waals surface area (Å²) in [5.74, 6) is 0. The fourth-order valence-electron chi connectivity index (χ4n) is 1.83. The number of thiophene rings is 1. The molecule has 2 aromatic rings. The lowest BCUT2D eigenvalue weighted by atomic mass is 10.1. The number of halogens is 2. The lowest BCUT2D eigenvalue weighted by Gasteiger charge is -2.15. The smallest absolute Gasteiger partial charge is 0.0464 e. The highest BCUT2D eigenvalue weighted by Gasteiger charge is 2.09. The van der Waals surface area contributed by atoms with Crippen LogP contribution in [-0.2, 0) is 6.42 Å². The van der Waals surface area contributed by atoms with E-state index in [9.17, 15) is 0 Å². The van der Waals surface area contributed by atoms with Gasteiger partial charge < -0.3 is 5.32 Å². The fraction of sp³-hybridized carbons (Fsp3) is 0.286. The standard InChI is InChI=1S/C14H15BrClNS/c1-10(13-5-4-11(15)9-14(13)16)17-7-6-12-3-2-8-18-12/h2-5,8-10,17H,6-7H2,1H3. The second-order valence-corrected chi connectivity index (χ2v) is 6.53. The van der Waals surface area contributed by atoms with Crippen molar-refractivity contribution in [1.82, 2.24) is 5.32 Å². The number of rotatable bonds is 5. The minimum Gasteiger partial charge on any atom is -0.310 e. The summed E-state index contributed by atoms with van der Waals surface area (Å²) >= 11 is 11.5.